The molecule has 0 bridgehead atoms. The Balaban J connectivity index is 3.14. The van der Waals surface area contributed by atoms with Crippen LogP contribution in [0.1, 0.15) is 37.6 Å². The molecule has 0 saturated carbocycles. The van der Waals surface area contributed by atoms with E-state index in [4.69, 9.17) is 0 Å². The Kier molecular flexibility index (Phi) is 6.25. The van der Waals surface area contributed by atoms with E-state index in [0.717, 1.165) is 0 Å². The van der Waals surface area contributed by atoms with Crippen LogP contribution < -0.4 is 4.72 Å². The van der Waals surface area contributed by atoms with Crippen molar-refractivity contribution in [2.45, 2.75) is 38.1 Å². The van der Waals surface area contributed by atoms with Crippen molar-refractivity contribution in [3.05, 3.63) is 29.8 Å². The summed E-state index contributed by atoms with van der Waals surface area (Å²) in [6, 6.07) is 4.71. The molecule has 0 fully saturated rings. The molecular formula is C15H21NO5S. The molecule has 0 unspecified atom stereocenters. The number of carbonyl (C=O) groups is 2. The SMILES string of the molecule is CC[C@H](C)[C@H](NS(=O)(=O)c1cccc(C(C)=O)c1)C(=O)OC. The van der Waals surface area contributed by atoms with Crippen LogP contribution >= 0.6 is 0 Å². The maximum absolute atomic E-state index is 12.4. The highest BCUT2D eigenvalue weighted by molar-refractivity contribution is 7.89. The molecule has 1 N–H and O–H groups in total. The third-order valence-corrected chi connectivity index (χ3v) is 4.94. The predicted molar refractivity (Wildman–Crippen MR) is 82.0 cm³/mol. The number of esters is 1. The zero-order chi connectivity index (χ0) is 16.9. The van der Waals surface area contributed by atoms with Gasteiger partial charge >= 0.3 is 5.97 Å². The first-order valence-corrected chi connectivity index (χ1v) is 8.42. The summed E-state index contributed by atoms with van der Waals surface area (Å²) < 4.78 is 31.9. The fourth-order valence-corrected chi connectivity index (χ4v) is 3.22. The Morgan fingerprint density at radius 2 is 1.95 bits per heavy atom. The zero-order valence-corrected chi connectivity index (χ0v) is 13.9. The lowest BCUT2D eigenvalue weighted by Gasteiger charge is -2.21. The summed E-state index contributed by atoms with van der Waals surface area (Å²) in [5.74, 6) is -1.10. The van der Waals surface area contributed by atoms with Crippen molar-refractivity contribution < 1.29 is 22.7 Å². The van der Waals surface area contributed by atoms with Gasteiger partial charge in [0.25, 0.3) is 0 Å². The van der Waals surface area contributed by atoms with E-state index in [9.17, 15) is 18.0 Å². The summed E-state index contributed by atoms with van der Waals surface area (Å²) in [5, 5.41) is 0. The average molecular weight is 327 g/mol. The Morgan fingerprint density at radius 3 is 2.45 bits per heavy atom. The molecule has 0 aliphatic rings. The fraction of sp³-hybridized carbons (Fsp3) is 0.467. The van der Waals surface area contributed by atoms with Crippen molar-refractivity contribution in [3.8, 4) is 0 Å². The van der Waals surface area contributed by atoms with Crippen LogP contribution in [-0.2, 0) is 19.6 Å². The summed E-state index contributed by atoms with van der Waals surface area (Å²) >= 11 is 0. The molecule has 0 amide bonds. The van der Waals surface area contributed by atoms with Gasteiger partial charge in [0.1, 0.15) is 6.04 Å². The Morgan fingerprint density at radius 1 is 1.32 bits per heavy atom. The number of hydrogen-bond donors (Lipinski definition) is 1. The van der Waals surface area contributed by atoms with Crippen LogP contribution in [0.15, 0.2) is 29.2 Å². The number of Topliss-reactive ketones (excluding diaryl/α,β-unsaturated/α-hetero) is 1. The van der Waals surface area contributed by atoms with Gasteiger partial charge in [0, 0.05) is 5.56 Å². The lowest BCUT2D eigenvalue weighted by Crippen LogP contribution is -2.45. The van der Waals surface area contributed by atoms with Crippen molar-refractivity contribution in [1.29, 1.82) is 0 Å². The van der Waals surface area contributed by atoms with Crippen LogP contribution in [0.25, 0.3) is 0 Å². The molecule has 0 heterocycles. The predicted octanol–water partition coefficient (Wildman–Crippen LogP) is 1.76. The standard InChI is InChI=1S/C15H21NO5S/c1-5-10(2)14(15(18)21-4)16-22(19,20)13-8-6-7-12(9-13)11(3)17/h6-10,14,16H,5H2,1-4H3/t10-,14-/m0/s1. The van der Waals surface area contributed by atoms with E-state index >= 15 is 0 Å². The highest BCUT2D eigenvalue weighted by Gasteiger charge is 2.30. The maximum atomic E-state index is 12.4. The molecule has 6 nitrogen and oxygen atoms in total. The fourth-order valence-electron chi connectivity index (χ4n) is 1.88. The number of carbonyl (C=O) groups excluding carboxylic acids is 2. The van der Waals surface area contributed by atoms with E-state index in [1.807, 2.05) is 6.92 Å². The topological polar surface area (TPSA) is 89.5 Å². The number of hydrogen-bond acceptors (Lipinski definition) is 5. The lowest BCUT2D eigenvalue weighted by molar-refractivity contribution is -0.143. The first-order chi connectivity index (χ1) is 10.2. The van der Waals surface area contributed by atoms with Gasteiger partial charge in [-0.3, -0.25) is 9.59 Å². The molecule has 0 spiro atoms. The number of ketones is 1. The molecule has 0 radical (unpaired) electrons. The molecule has 1 rings (SSSR count). The summed E-state index contributed by atoms with van der Waals surface area (Å²) in [5.41, 5.74) is 0.293. The quantitative estimate of drug-likeness (QED) is 0.609. The van der Waals surface area contributed by atoms with Crippen molar-refractivity contribution in [2.24, 2.45) is 5.92 Å². The van der Waals surface area contributed by atoms with Gasteiger partial charge in [-0.05, 0) is 25.0 Å². The molecule has 22 heavy (non-hydrogen) atoms. The summed E-state index contributed by atoms with van der Waals surface area (Å²) in [7, 11) is -2.72. The summed E-state index contributed by atoms with van der Waals surface area (Å²) in [6.07, 6.45) is 0.607. The van der Waals surface area contributed by atoms with Crippen LogP contribution in [0, 0.1) is 5.92 Å². The van der Waals surface area contributed by atoms with E-state index in [1.54, 1.807) is 6.92 Å². The molecule has 0 saturated heterocycles. The summed E-state index contributed by atoms with van der Waals surface area (Å²) in [6.45, 7) is 4.97. The highest BCUT2D eigenvalue weighted by atomic mass is 32.2. The number of benzene rings is 1. The number of sulfonamides is 1. The van der Waals surface area contributed by atoms with Crippen LogP contribution in [0.2, 0.25) is 0 Å². The van der Waals surface area contributed by atoms with Gasteiger partial charge in [-0.25, -0.2) is 8.42 Å². The first-order valence-electron chi connectivity index (χ1n) is 6.94. The number of nitrogens with one attached hydrogen (secondary N) is 1. The van der Waals surface area contributed by atoms with Crippen LogP contribution in [-0.4, -0.2) is 33.3 Å². The molecule has 7 heteroatoms. The molecule has 0 aliphatic heterocycles. The Bertz CT molecular complexity index is 654. The van der Waals surface area contributed by atoms with Gasteiger partial charge in [0.05, 0.1) is 12.0 Å². The molecule has 2 atom stereocenters. The van der Waals surface area contributed by atoms with Crippen LogP contribution in [0.3, 0.4) is 0 Å². The molecule has 0 aliphatic carbocycles. The molecule has 1 aromatic carbocycles. The van der Waals surface area contributed by atoms with Gasteiger partial charge < -0.3 is 4.74 Å². The van der Waals surface area contributed by atoms with Crippen molar-refractivity contribution in [1.82, 2.24) is 4.72 Å². The van der Waals surface area contributed by atoms with Gasteiger partial charge in [-0.2, -0.15) is 4.72 Å². The second-order valence-electron chi connectivity index (χ2n) is 5.09. The minimum Gasteiger partial charge on any atom is -0.468 e. The number of rotatable bonds is 7. The van der Waals surface area contributed by atoms with Gasteiger partial charge in [0.2, 0.25) is 10.0 Å². The Labute approximate surface area is 130 Å². The van der Waals surface area contributed by atoms with Crippen molar-refractivity contribution >= 4 is 21.8 Å². The first kappa shape index (κ1) is 18.3. The number of methoxy groups -OCH3 is 1. The van der Waals surface area contributed by atoms with E-state index < -0.39 is 22.0 Å². The zero-order valence-electron chi connectivity index (χ0n) is 13.1. The maximum Gasteiger partial charge on any atom is 0.324 e. The smallest absolute Gasteiger partial charge is 0.324 e. The minimum absolute atomic E-state index is 0.0580. The lowest BCUT2D eigenvalue weighted by atomic mass is 10.0. The van der Waals surface area contributed by atoms with Crippen molar-refractivity contribution in [3.63, 3.8) is 0 Å². The molecule has 0 aromatic heterocycles. The molecule has 1 aromatic rings. The second-order valence-corrected chi connectivity index (χ2v) is 6.81. The van der Waals surface area contributed by atoms with Crippen molar-refractivity contribution in [2.75, 3.05) is 7.11 Å². The highest BCUT2D eigenvalue weighted by Crippen LogP contribution is 2.16. The Hall–Kier alpha value is -1.73. The minimum atomic E-state index is -3.93. The third-order valence-electron chi connectivity index (χ3n) is 3.50. The van der Waals surface area contributed by atoms with E-state index in [1.165, 1.54) is 38.3 Å². The van der Waals surface area contributed by atoms with Gasteiger partial charge in [0.15, 0.2) is 5.78 Å². The van der Waals surface area contributed by atoms with E-state index in [2.05, 4.69) is 9.46 Å². The van der Waals surface area contributed by atoms with Crippen LogP contribution in [0.5, 0.6) is 0 Å². The largest absolute Gasteiger partial charge is 0.468 e. The van der Waals surface area contributed by atoms with E-state index in [-0.39, 0.29) is 16.6 Å². The molecular weight excluding hydrogens is 306 g/mol. The van der Waals surface area contributed by atoms with E-state index in [0.29, 0.717) is 12.0 Å². The third kappa shape index (κ3) is 4.38. The van der Waals surface area contributed by atoms with Crippen LogP contribution in [0.4, 0.5) is 0 Å². The number of ether oxygens (including phenoxy) is 1. The second kappa shape index (κ2) is 7.51. The average Bonchev–Trinajstić information content (AvgIpc) is 2.51. The molecule has 122 valence electrons. The van der Waals surface area contributed by atoms with Gasteiger partial charge in [-0.15, -0.1) is 0 Å². The normalized spacial score (nSPS) is 14.2. The van der Waals surface area contributed by atoms with Gasteiger partial charge in [-0.1, -0.05) is 32.4 Å². The monoisotopic (exact) mass is 327 g/mol. The summed E-state index contributed by atoms with van der Waals surface area (Å²) in [4.78, 5) is 23.1.